The molecule has 0 saturated carbocycles. The van der Waals surface area contributed by atoms with Crippen molar-refractivity contribution < 1.29 is 56.7 Å². The average molecular weight is 1300 g/mol. The second-order valence-corrected chi connectivity index (χ2v) is 26.0. The Kier molecular flexibility index (Phi) is 41.8. The first-order chi connectivity index (χ1) is 44.3. The molecule has 0 aromatic heterocycles. The van der Waals surface area contributed by atoms with Crippen molar-refractivity contribution in [3.05, 3.63) is 95.2 Å². The lowest BCUT2D eigenvalue weighted by Gasteiger charge is -2.20. The van der Waals surface area contributed by atoms with E-state index in [0.29, 0.717) is 61.6 Å². The van der Waals surface area contributed by atoms with Gasteiger partial charge < -0.3 is 39.8 Å². The summed E-state index contributed by atoms with van der Waals surface area (Å²) in [6, 6.07) is 17.4. The summed E-state index contributed by atoms with van der Waals surface area (Å²) in [5, 5.41) is 20.8. The molecule has 1 aliphatic carbocycles. The van der Waals surface area contributed by atoms with Crippen molar-refractivity contribution in [3.8, 4) is 28.2 Å². The summed E-state index contributed by atoms with van der Waals surface area (Å²) >= 11 is 5.53. The number of phenolic OH excluding ortho intramolecular Hbond substituents is 1. The van der Waals surface area contributed by atoms with Gasteiger partial charge in [0.2, 0.25) is 5.91 Å². The van der Waals surface area contributed by atoms with Gasteiger partial charge in [0.1, 0.15) is 29.5 Å². The number of unbranched alkanes of at least 4 members (excludes halogenated alkanes) is 25. The van der Waals surface area contributed by atoms with Crippen LogP contribution in [0.5, 0.6) is 5.75 Å². The Balaban J connectivity index is 1.04. The zero-order valence-corrected chi connectivity index (χ0v) is 56.8. The van der Waals surface area contributed by atoms with E-state index >= 15 is 0 Å². The molecule has 0 spiro atoms. The van der Waals surface area contributed by atoms with Crippen molar-refractivity contribution in [2.24, 2.45) is 0 Å². The number of carbonyl (C=O) groups excluding carboxylic acids is 4. The molecule has 1 aliphatic heterocycles. The summed E-state index contributed by atoms with van der Waals surface area (Å²) in [7, 11) is -4.61. The Morgan fingerprint density at radius 1 is 0.571 bits per heavy atom. The number of phosphoric acid groups is 1. The summed E-state index contributed by atoms with van der Waals surface area (Å²) in [5.74, 6) is -0.555. The molecule has 0 saturated heterocycles. The van der Waals surface area contributed by atoms with Crippen LogP contribution in [0.2, 0.25) is 0 Å². The lowest BCUT2D eigenvalue weighted by molar-refractivity contribution is -0.161. The third-order valence-corrected chi connectivity index (χ3v) is 17.2. The minimum absolute atomic E-state index is 0.0482. The number of ether oxygens (including phenoxy) is 2. The maximum absolute atomic E-state index is 12.9. The fourth-order valence-electron chi connectivity index (χ4n) is 10.7. The molecule has 2 atom stereocenters. The van der Waals surface area contributed by atoms with Crippen LogP contribution in [0.4, 0.5) is 5.69 Å². The van der Waals surface area contributed by atoms with Gasteiger partial charge in [0, 0.05) is 79.5 Å². The Labute approximate surface area is 549 Å². The topological polar surface area (TPSA) is 229 Å². The van der Waals surface area contributed by atoms with E-state index in [1.54, 1.807) is 18.2 Å². The molecule has 1 amide bonds. The molecule has 0 fully saturated rings. The molecule has 0 bridgehead atoms. The second-order valence-electron chi connectivity index (χ2n) is 24.1. The van der Waals surface area contributed by atoms with Crippen molar-refractivity contribution in [2.75, 3.05) is 38.2 Å². The van der Waals surface area contributed by atoms with Gasteiger partial charge in [-0.2, -0.15) is 0 Å². The predicted molar refractivity (Wildman–Crippen MR) is 371 cm³/mol. The third-order valence-electron chi connectivity index (χ3n) is 16.0. The van der Waals surface area contributed by atoms with Crippen LogP contribution in [-0.4, -0.2) is 77.8 Å². The summed E-state index contributed by atoms with van der Waals surface area (Å²) in [6.07, 6.45) is 42.6. The van der Waals surface area contributed by atoms with Gasteiger partial charge >= 0.3 is 19.8 Å². The molecule has 506 valence electrons. The maximum atomic E-state index is 12.9. The first-order valence-corrected chi connectivity index (χ1v) is 36.6. The Morgan fingerprint density at radius 2 is 1.10 bits per heavy atom. The highest BCUT2D eigenvalue weighted by molar-refractivity contribution is 7.80. The number of fused-ring (bicyclic) bond motifs is 2. The molecule has 0 radical (unpaired) electrons. The highest BCUT2D eigenvalue weighted by Gasteiger charge is 2.26. The predicted octanol–water partition coefficient (Wildman–Crippen LogP) is 18.4. The number of ketones is 1. The quantitative estimate of drug-likeness (QED) is 0.00691. The maximum Gasteiger partial charge on any atom is 0.472 e. The Morgan fingerprint density at radius 3 is 1.71 bits per heavy atom. The van der Waals surface area contributed by atoms with Gasteiger partial charge in [-0.3, -0.25) is 33.0 Å². The van der Waals surface area contributed by atoms with Gasteiger partial charge in [0.05, 0.1) is 13.2 Å². The number of phosphoric ester groups is 1. The average Bonchev–Trinajstić information content (AvgIpc) is 0.773. The van der Waals surface area contributed by atoms with Crippen LogP contribution in [0.15, 0.2) is 94.2 Å². The number of phenols is 1. The lowest BCUT2D eigenvalue weighted by Crippen LogP contribution is -2.29. The van der Waals surface area contributed by atoms with E-state index in [0.717, 1.165) is 124 Å². The molecular weight excluding hydrogens is 1190 g/mol. The van der Waals surface area contributed by atoms with Crippen molar-refractivity contribution in [1.29, 1.82) is 0 Å². The zero-order valence-electron chi connectivity index (χ0n) is 55.1. The van der Waals surface area contributed by atoms with Gasteiger partial charge in [-0.25, -0.2) is 4.57 Å². The number of anilines is 1. The molecule has 2 aromatic carbocycles. The summed E-state index contributed by atoms with van der Waals surface area (Å²) in [5.41, 5.74) is 3.68. The number of amides is 1. The smallest absolute Gasteiger partial charge is 0.472 e. The summed E-state index contributed by atoms with van der Waals surface area (Å²) < 4.78 is 40.4. The fourth-order valence-corrected chi connectivity index (χ4v) is 11.7. The van der Waals surface area contributed by atoms with E-state index < -0.39 is 32.5 Å². The van der Waals surface area contributed by atoms with Crippen LogP contribution in [-0.2, 0) is 42.3 Å². The summed E-state index contributed by atoms with van der Waals surface area (Å²) in [4.78, 5) is 73.4. The number of thiocarbonyl (C=S) groups is 1. The van der Waals surface area contributed by atoms with Crippen molar-refractivity contribution in [2.45, 2.75) is 258 Å². The highest BCUT2D eigenvalue weighted by Crippen LogP contribution is 2.44. The number of nitrogens with one attached hydrogen (secondary N) is 3. The van der Waals surface area contributed by atoms with Crippen LogP contribution in [0.3, 0.4) is 0 Å². The number of carbonyl (C=O) groups is 4. The van der Waals surface area contributed by atoms with Crippen LogP contribution < -0.4 is 21.4 Å². The molecule has 2 unspecified atom stereocenters. The number of rotatable bonds is 54. The van der Waals surface area contributed by atoms with E-state index in [1.807, 2.05) is 24.3 Å². The Bertz CT molecular complexity index is 2820. The van der Waals surface area contributed by atoms with E-state index in [4.69, 9.17) is 35.2 Å². The minimum atomic E-state index is -4.61. The fraction of sp³-hybridized carbons (Fsp3) is 0.616. The number of hydrogen-bond donors (Lipinski definition) is 5. The largest absolute Gasteiger partial charge is 0.508 e. The Hall–Kier alpha value is -5.71. The second kappa shape index (κ2) is 49.0. The van der Waals surface area contributed by atoms with E-state index in [1.165, 1.54) is 95.2 Å². The van der Waals surface area contributed by atoms with Gasteiger partial charge in [-0.15, -0.1) is 0 Å². The van der Waals surface area contributed by atoms with Gasteiger partial charge in [0.25, 0.3) is 0 Å². The molecule has 2 aliphatic rings. The van der Waals surface area contributed by atoms with Crippen molar-refractivity contribution >= 4 is 65.4 Å². The van der Waals surface area contributed by atoms with Gasteiger partial charge in [0.15, 0.2) is 16.6 Å². The van der Waals surface area contributed by atoms with Crippen LogP contribution in [0, 0.1) is 0 Å². The number of allylic oxidation sites excluding steroid dienone is 4. The van der Waals surface area contributed by atoms with Crippen molar-refractivity contribution in [1.82, 2.24) is 10.6 Å². The number of Topliss-reactive ketones (excluding diaryl/α,β-unsaturated/α-hetero) is 1. The molecule has 2 aromatic rings. The number of hydrogen-bond acceptors (Lipinski definition) is 13. The minimum Gasteiger partial charge on any atom is -0.508 e. The van der Waals surface area contributed by atoms with Crippen LogP contribution in [0.25, 0.3) is 33.4 Å². The normalized spacial score (nSPS) is 12.6. The standard InChI is InChI=1S/C73H110N3O13PS/c1-3-5-7-9-11-13-15-17-19-21-23-25-27-29-32-42-70(81)85-57-64(88-71(82)43-33-30-28-26-24-22-20-18-16-14-12-10-8-6-4-2)58-87-90(83,84)86-54-38-40-61(77)39-34-35-41-69(80)74-52-36-31-37-53-75-73(91)76-60-46-44-59(45-47-60)72-65-50-48-62(78)55-67(65)89-68-56-63(79)49-51-66(68)72/h17-20,44-51,55-56,64,78H,3-16,21-43,52-54,57-58H2,1-2H3,(H,74,80)(H,83,84)(H2,75,76,91)/b19-17-,20-18-. The summed E-state index contributed by atoms with van der Waals surface area (Å²) in [6.45, 7) is 4.62. The zero-order chi connectivity index (χ0) is 65.4. The monoisotopic (exact) mass is 1300 g/mol. The molecular formula is C73H110N3O13PS. The molecule has 16 nitrogen and oxygen atoms in total. The number of esters is 2. The van der Waals surface area contributed by atoms with Crippen LogP contribution >= 0.6 is 20.0 Å². The SMILES string of the molecule is CCCCCCCC/C=C\CCCCCCCC(=O)OCC(COP(=O)(O)OCCCC(=O)CCCCC(=O)NCCCCCNC(=S)Nc1ccc(-c2c3ccc(=O)cc-3oc3cc(O)ccc23)cc1)OC(=O)CCCCCCC/C=C\CCCCCCCC. The van der Waals surface area contributed by atoms with E-state index in [9.17, 15) is 38.5 Å². The third kappa shape index (κ3) is 36.9. The first-order valence-electron chi connectivity index (χ1n) is 34.7. The van der Waals surface area contributed by atoms with E-state index in [-0.39, 0.29) is 68.2 Å². The van der Waals surface area contributed by atoms with Crippen molar-refractivity contribution in [3.63, 3.8) is 0 Å². The van der Waals surface area contributed by atoms with Gasteiger partial charge in [-0.1, -0.05) is 153 Å². The molecule has 91 heavy (non-hydrogen) atoms. The number of benzene rings is 3. The van der Waals surface area contributed by atoms with E-state index in [2.05, 4.69) is 54.1 Å². The molecule has 5 N–H and O–H groups in total. The number of aromatic hydroxyl groups is 1. The lowest BCUT2D eigenvalue weighted by atomic mass is 9.93. The highest BCUT2D eigenvalue weighted by atomic mass is 32.1. The first kappa shape index (κ1) is 77.7. The van der Waals surface area contributed by atoms with Gasteiger partial charge in [-0.05, 0) is 157 Å². The molecule has 1 heterocycles. The molecule has 18 heteroatoms. The molecule has 4 rings (SSSR count). The van der Waals surface area contributed by atoms with Crippen LogP contribution in [0.1, 0.15) is 251 Å².